The molecule has 0 radical (unpaired) electrons. The van der Waals surface area contributed by atoms with Gasteiger partial charge in [0.2, 0.25) is 5.91 Å². The Labute approximate surface area is 177 Å². The number of rotatable bonds is 5. The highest BCUT2D eigenvalue weighted by molar-refractivity contribution is 5.91. The molecule has 0 spiro atoms. The average molecular weight is 409 g/mol. The molecule has 29 heavy (non-hydrogen) atoms. The summed E-state index contributed by atoms with van der Waals surface area (Å²) in [5.41, 5.74) is 2.57. The number of furan rings is 1. The highest BCUT2D eigenvalue weighted by Gasteiger charge is 2.27. The Hall–Kier alpha value is -2.82. The summed E-state index contributed by atoms with van der Waals surface area (Å²) in [5.74, 6) is 0.729. The lowest BCUT2D eigenvalue weighted by atomic mass is 9.96. The number of benzene rings is 2. The molecule has 4 nitrogen and oxygen atoms in total. The minimum Gasteiger partial charge on any atom is -0.465 e. The Balaban J connectivity index is 0.00000240. The van der Waals surface area contributed by atoms with Crippen LogP contribution >= 0.6 is 12.4 Å². The van der Waals surface area contributed by atoms with Crippen molar-refractivity contribution in [1.29, 1.82) is 0 Å². The maximum absolute atomic E-state index is 12.5. The third-order valence-corrected chi connectivity index (χ3v) is 5.16. The zero-order valence-corrected chi connectivity index (χ0v) is 17.0. The van der Waals surface area contributed by atoms with Crippen molar-refractivity contribution in [3.05, 3.63) is 102 Å². The van der Waals surface area contributed by atoms with Crippen molar-refractivity contribution in [2.24, 2.45) is 0 Å². The molecular weight excluding hydrogens is 384 g/mol. The van der Waals surface area contributed by atoms with Crippen LogP contribution in [0.1, 0.15) is 22.9 Å². The fourth-order valence-corrected chi connectivity index (χ4v) is 3.73. The van der Waals surface area contributed by atoms with Crippen molar-refractivity contribution < 1.29 is 9.21 Å². The van der Waals surface area contributed by atoms with Gasteiger partial charge in [0.1, 0.15) is 5.76 Å². The molecule has 1 aliphatic rings. The van der Waals surface area contributed by atoms with E-state index in [1.807, 2.05) is 29.2 Å². The number of piperazine rings is 1. The van der Waals surface area contributed by atoms with Crippen LogP contribution in [0.25, 0.3) is 6.08 Å². The van der Waals surface area contributed by atoms with E-state index < -0.39 is 0 Å². The summed E-state index contributed by atoms with van der Waals surface area (Å²) in [6.07, 6.45) is 4.93. The van der Waals surface area contributed by atoms with Gasteiger partial charge in [-0.25, -0.2) is 0 Å². The Morgan fingerprint density at radius 3 is 1.93 bits per heavy atom. The fourth-order valence-electron chi connectivity index (χ4n) is 3.73. The highest BCUT2D eigenvalue weighted by atomic mass is 35.5. The minimum absolute atomic E-state index is 0. The van der Waals surface area contributed by atoms with Crippen LogP contribution in [0.4, 0.5) is 0 Å². The molecule has 2 heterocycles. The SMILES string of the molecule is Cl.O=C(/C=C/c1ccco1)N1CCN(C(c2ccccc2)c2ccccc2)CC1. The van der Waals surface area contributed by atoms with Gasteiger partial charge in [0, 0.05) is 32.3 Å². The van der Waals surface area contributed by atoms with Crippen LogP contribution in [0, 0.1) is 0 Å². The fraction of sp³-hybridized carbons (Fsp3) is 0.208. The lowest BCUT2D eigenvalue weighted by Crippen LogP contribution is -2.49. The number of halogens is 1. The van der Waals surface area contributed by atoms with Gasteiger partial charge in [0.05, 0.1) is 12.3 Å². The van der Waals surface area contributed by atoms with Crippen LogP contribution in [-0.2, 0) is 4.79 Å². The lowest BCUT2D eigenvalue weighted by molar-refractivity contribution is -0.127. The van der Waals surface area contributed by atoms with E-state index >= 15 is 0 Å². The van der Waals surface area contributed by atoms with E-state index in [0.29, 0.717) is 5.76 Å². The topological polar surface area (TPSA) is 36.7 Å². The Bertz CT molecular complexity index is 863. The third-order valence-electron chi connectivity index (χ3n) is 5.16. The highest BCUT2D eigenvalue weighted by Crippen LogP contribution is 2.29. The molecule has 0 N–H and O–H groups in total. The third kappa shape index (κ3) is 5.17. The van der Waals surface area contributed by atoms with E-state index in [9.17, 15) is 4.79 Å². The molecule has 3 aromatic rings. The summed E-state index contributed by atoms with van der Waals surface area (Å²) in [5, 5.41) is 0. The monoisotopic (exact) mass is 408 g/mol. The number of carbonyl (C=O) groups is 1. The minimum atomic E-state index is 0. The van der Waals surface area contributed by atoms with E-state index in [1.54, 1.807) is 18.4 Å². The van der Waals surface area contributed by atoms with Gasteiger partial charge in [-0.15, -0.1) is 12.4 Å². The van der Waals surface area contributed by atoms with Gasteiger partial charge in [-0.1, -0.05) is 60.7 Å². The second-order valence-corrected chi connectivity index (χ2v) is 6.93. The quantitative estimate of drug-likeness (QED) is 0.576. The molecule has 4 rings (SSSR count). The van der Waals surface area contributed by atoms with E-state index in [0.717, 1.165) is 26.2 Å². The molecule has 2 aromatic carbocycles. The van der Waals surface area contributed by atoms with Crippen molar-refractivity contribution >= 4 is 24.4 Å². The van der Waals surface area contributed by atoms with Crippen LogP contribution in [-0.4, -0.2) is 41.9 Å². The zero-order valence-electron chi connectivity index (χ0n) is 16.2. The Morgan fingerprint density at radius 1 is 0.828 bits per heavy atom. The molecule has 1 fully saturated rings. The van der Waals surface area contributed by atoms with Crippen LogP contribution in [0.3, 0.4) is 0 Å². The van der Waals surface area contributed by atoms with E-state index in [-0.39, 0.29) is 24.4 Å². The van der Waals surface area contributed by atoms with E-state index in [1.165, 1.54) is 11.1 Å². The summed E-state index contributed by atoms with van der Waals surface area (Å²) in [4.78, 5) is 16.9. The second kappa shape index (κ2) is 10.1. The second-order valence-electron chi connectivity index (χ2n) is 6.93. The number of hydrogen-bond donors (Lipinski definition) is 0. The molecule has 0 aliphatic carbocycles. The summed E-state index contributed by atoms with van der Waals surface area (Å²) in [6.45, 7) is 3.12. The number of nitrogens with zero attached hydrogens (tertiary/aromatic N) is 2. The van der Waals surface area contributed by atoms with Crippen molar-refractivity contribution in [2.75, 3.05) is 26.2 Å². The van der Waals surface area contributed by atoms with Crippen molar-refractivity contribution in [2.45, 2.75) is 6.04 Å². The first-order valence-corrected chi connectivity index (χ1v) is 9.66. The molecule has 1 saturated heterocycles. The Kier molecular flexibility index (Phi) is 7.28. The first-order valence-electron chi connectivity index (χ1n) is 9.66. The van der Waals surface area contributed by atoms with Gasteiger partial charge >= 0.3 is 0 Å². The van der Waals surface area contributed by atoms with Crippen LogP contribution in [0.5, 0.6) is 0 Å². The summed E-state index contributed by atoms with van der Waals surface area (Å²) >= 11 is 0. The van der Waals surface area contributed by atoms with Crippen molar-refractivity contribution in [3.63, 3.8) is 0 Å². The first-order chi connectivity index (χ1) is 13.8. The zero-order chi connectivity index (χ0) is 19.2. The molecule has 1 aromatic heterocycles. The van der Waals surface area contributed by atoms with Gasteiger partial charge in [-0.3, -0.25) is 9.69 Å². The molecule has 1 amide bonds. The normalized spacial score (nSPS) is 14.9. The standard InChI is InChI=1S/C24H24N2O2.ClH/c27-23(14-13-22-12-7-19-28-22)25-15-17-26(18-16-25)24(20-8-3-1-4-9-20)21-10-5-2-6-11-21;/h1-14,19,24H,15-18H2;1H/b14-13+;. The number of amides is 1. The predicted molar refractivity (Wildman–Crippen MR) is 118 cm³/mol. The maximum Gasteiger partial charge on any atom is 0.246 e. The van der Waals surface area contributed by atoms with Gasteiger partial charge < -0.3 is 9.32 Å². The van der Waals surface area contributed by atoms with Crippen LogP contribution in [0.15, 0.2) is 89.6 Å². The smallest absolute Gasteiger partial charge is 0.246 e. The average Bonchev–Trinajstić information content (AvgIpc) is 3.28. The molecule has 1 aliphatic heterocycles. The van der Waals surface area contributed by atoms with Gasteiger partial charge in [0.25, 0.3) is 0 Å². The number of carbonyl (C=O) groups excluding carboxylic acids is 1. The van der Waals surface area contributed by atoms with Crippen molar-refractivity contribution in [1.82, 2.24) is 9.80 Å². The van der Waals surface area contributed by atoms with E-state index in [2.05, 4.69) is 53.4 Å². The van der Waals surface area contributed by atoms with Crippen molar-refractivity contribution in [3.8, 4) is 0 Å². The van der Waals surface area contributed by atoms with Gasteiger partial charge in [-0.05, 0) is 29.3 Å². The summed E-state index contributed by atoms with van der Waals surface area (Å²) in [7, 11) is 0. The molecular formula is C24H25ClN2O2. The lowest BCUT2D eigenvalue weighted by Gasteiger charge is -2.39. The molecule has 0 atom stereocenters. The van der Waals surface area contributed by atoms with Crippen LogP contribution < -0.4 is 0 Å². The summed E-state index contributed by atoms with van der Waals surface area (Å²) < 4.78 is 5.25. The first kappa shape index (κ1) is 20.9. The van der Waals surface area contributed by atoms with Gasteiger partial charge in [-0.2, -0.15) is 0 Å². The summed E-state index contributed by atoms with van der Waals surface area (Å²) in [6, 6.07) is 25.0. The van der Waals surface area contributed by atoms with Gasteiger partial charge in [0.15, 0.2) is 0 Å². The molecule has 0 saturated carbocycles. The number of hydrogen-bond acceptors (Lipinski definition) is 3. The molecule has 5 heteroatoms. The molecule has 150 valence electrons. The van der Waals surface area contributed by atoms with E-state index in [4.69, 9.17) is 4.42 Å². The molecule has 0 unspecified atom stereocenters. The maximum atomic E-state index is 12.5. The largest absolute Gasteiger partial charge is 0.465 e. The molecule has 0 bridgehead atoms. The predicted octanol–water partition coefficient (Wildman–Crippen LogP) is 4.65. The van der Waals surface area contributed by atoms with Crippen LogP contribution in [0.2, 0.25) is 0 Å². The Morgan fingerprint density at radius 2 is 1.41 bits per heavy atom.